The highest BCUT2D eigenvalue weighted by Crippen LogP contribution is 2.31. The number of rotatable bonds is 1. The van der Waals surface area contributed by atoms with Crippen molar-refractivity contribution in [2.45, 2.75) is 11.8 Å². The maximum Gasteiger partial charge on any atom is 0.0345 e. The second kappa shape index (κ2) is 4.14. The van der Waals surface area contributed by atoms with Crippen LogP contribution in [0, 0.1) is 10.5 Å². The van der Waals surface area contributed by atoms with Crippen LogP contribution < -0.4 is 0 Å². The zero-order chi connectivity index (χ0) is 8.43. The first kappa shape index (κ1) is 9.86. The molecule has 0 aliphatic rings. The molecule has 0 aromatic heterocycles. The third kappa shape index (κ3) is 2.36. The highest BCUT2D eigenvalue weighted by Gasteiger charge is 2.03. The minimum Gasteiger partial charge on any atom is -0.127 e. The molecule has 0 aliphatic carbocycles. The quantitative estimate of drug-likeness (QED) is 0.547. The molecule has 0 nitrogen and oxygen atoms in total. The number of benzene rings is 1. The minimum absolute atomic E-state index is 1.20. The van der Waals surface area contributed by atoms with Gasteiger partial charge in [0.05, 0.1) is 0 Å². The number of hydrogen-bond donors (Lipinski definition) is 0. The summed E-state index contributed by atoms with van der Waals surface area (Å²) >= 11 is 7.67. The van der Waals surface area contributed by atoms with Gasteiger partial charge in [-0.15, -0.1) is 11.8 Å². The molecule has 0 N–H and O–H groups in total. The van der Waals surface area contributed by atoms with Crippen LogP contribution in [0.1, 0.15) is 5.56 Å². The summed E-state index contributed by atoms with van der Waals surface area (Å²) < 4.78 is 2.52. The summed E-state index contributed by atoms with van der Waals surface area (Å²) in [5, 5.41) is 0. The van der Waals surface area contributed by atoms with Gasteiger partial charge < -0.3 is 0 Å². The SMILES string of the molecule is CSc1c(Br)cc(C)cc1I. The first-order chi connectivity index (χ1) is 5.15. The Morgan fingerprint density at radius 2 is 2.09 bits per heavy atom. The summed E-state index contributed by atoms with van der Waals surface area (Å²) in [6, 6.07) is 4.34. The van der Waals surface area contributed by atoms with Gasteiger partial charge in [-0.2, -0.15) is 0 Å². The molecule has 0 fully saturated rings. The van der Waals surface area contributed by atoms with E-state index in [9.17, 15) is 0 Å². The maximum atomic E-state index is 3.53. The maximum absolute atomic E-state index is 3.53. The number of halogens is 2. The van der Waals surface area contributed by atoms with Crippen molar-refractivity contribution in [3.05, 3.63) is 25.7 Å². The van der Waals surface area contributed by atoms with Crippen LogP contribution in [0.4, 0.5) is 0 Å². The van der Waals surface area contributed by atoms with Crippen molar-refractivity contribution in [2.75, 3.05) is 6.26 Å². The summed E-state index contributed by atoms with van der Waals surface area (Å²) in [5.41, 5.74) is 1.30. The second-order valence-electron chi connectivity index (χ2n) is 2.26. The van der Waals surface area contributed by atoms with Crippen LogP contribution in [0.15, 0.2) is 21.5 Å². The Labute approximate surface area is 93.4 Å². The van der Waals surface area contributed by atoms with Gasteiger partial charge in [-0.1, -0.05) is 0 Å². The highest BCUT2D eigenvalue weighted by molar-refractivity contribution is 14.1. The molecule has 0 spiro atoms. The van der Waals surface area contributed by atoms with Crippen molar-refractivity contribution in [3.8, 4) is 0 Å². The molecule has 1 aromatic rings. The lowest BCUT2D eigenvalue weighted by atomic mass is 10.2. The van der Waals surface area contributed by atoms with E-state index in [0.29, 0.717) is 0 Å². The first-order valence-corrected chi connectivity index (χ1v) is 6.24. The van der Waals surface area contributed by atoms with Gasteiger partial charge in [-0.05, 0) is 69.4 Å². The van der Waals surface area contributed by atoms with E-state index < -0.39 is 0 Å². The van der Waals surface area contributed by atoms with Crippen molar-refractivity contribution in [2.24, 2.45) is 0 Å². The Morgan fingerprint density at radius 1 is 1.45 bits per heavy atom. The minimum atomic E-state index is 1.20. The molecule has 11 heavy (non-hydrogen) atoms. The molecule has 0 saturated carbocycles. The van der Waals surface area contributed by atoms with Crippen LogP contribution in [0.25, 0.3) is 0 Å². The monoisotopic (exact) mass is 342 g/mol. The number of aryl methyl sites for hydroxylation is 1. The number of hydrogen-bond acceptors (Lipinski definition) is 1. The molecule has 0 amide bonds. The van der Waals surface area contributed by atoms with E-state index in [1.807, 2.05) is 0 Å². The molecule has 60 valence electrons. The van der Waals surface area contributed by atoms with Gasteiger partial charge in [-0.25, -0.2) is 0 Å². The predicted molar refractivity (Wildman–Crippen MR) is 63.4 cm³/mol. The normalized spacial score (nSPS) is 10.2. The highest BCUT2D eigenvalue weighted by atomic mass is 127. The van der Waals surface area contributed by atoms with Gasteiger partial charge in [0, 0.05) is 12.9 Å². The molecule has 0 atom stereocenters. The Morgan fingerprint density at radius 3 is 2.55 bits per heavy atom. The Hall–Kier alpha value is 0.780. The lowest BCUT2D eigenvalue weighted by Gasteiger charge is -2.04. The Kier molecular flexibility index (Phi) is 3.71. The molecule has 3 heteroatoms. The van der Waals surface area contributed by atoms with Crippen LogP contribution in [0.3, 0.4) is 0 Å². The summed E-state index contributed by atoms with van der Waals surface area (Å²) in [6.45, 7) is 2.11. The van der Waals surface area contributed by atoms with Gasteiger partial charge in [0.25, 0.3) is 0 Å². The smallest absolute Gasteiger partial charge is 0.0345 e. The molecule has 0 bridgehead atoms. The molecule has 0 heterocycles. The average Bonchev–Trinajstić information content (AvgIpc) is 1.85. The van der Waals surface area contributed by atoms with E-state index >= 15 is 0 Å². The molecular weight excluding hydrogens is 335 g/mol. The van der Waals surface area contributed by atoms with E-state index in [2.05, 4.69) is 63.8 Å². The topological polar surface area (TPSA) is 0 Å². The van der Waals surface area contributed by atoms with Gasteiger partial charge in [0.15, 0.2) is 0 Å². The summed E-state index contributed by atoms with van der Waals surface area (Å²) in [4.78, 5) is 1.33. The van der Waals surface area contributed by atoms with E-state index in [-0.39, 0.29) is 0 Å². The second-order valence-corrected chi connectivity index (χ2v) is 5.09. The molecule has 0 radical (unpaired) electrons. The van der Waals surface area contributed by atoms with Crippen LogP contribution in [0.5, 0.6) is 0 Å². The van der Waals surface area contributed by atoms with Crippen LogP contribution in [0.2, 0.25) is 0 Å². The zero-order valence-corrected chi connectivity index (χ0v) is 10.9. The molecule has 1 aromatic carbocycles. The fourth-order valence-electron chi connectivity index (χ4n) is 0.882. The van der Waals surface area contributed by atoms with E-state index in [0.717, 1.165) is 0 Å². The fraction of sp³-hybridized carbons (Fsp3) is 0.250. The third-order valence-electron chi connectivity index (χ3n) is 1.35. The van der Waals surface area contributed by atoms with E-state index in [1.54, 1.807) is 11.8 Å². The molecular formula is C8H8BrIS. The van der Waals surface area contributed by atoms with Gasteiger partial charge in [0.2, 0.25) is 0 Å². The van der Waals surface area contributed by atoms with Gasteiger partial charge >= 0.3 is 0 Å². The predicted octanol–water partition coefficient (Wildman–Crippen LogP) is 4.08. The fourth-order valence-corrected chi connectivity index (χ4v) is 4.26. The summed E-state index contributed by atoms with van der Waals surface area (Å²) in [7, 11) is 0. The van der Waals surface area contributed by atoms with Gasteiger partial charge in [0.1, 0.15) is 0 Å². The molecule has 0 saturated heterocycles. The number of thioether (sulfide) groups is 1. The van der Waals surface area contributed by atoms with Crippen LogP contribution in [-0.2, 0) is 0 Å². The van der Waals surface area contributed by atoms with Crippen molar-refractivity contribution < 1.29 is 0 Å². The lowest BCUT2D eigenvalue weighted by Crippen LogP contribution is -1.82. The summed E-state index contributed by atoms with van der Waals surface area (Å²) in [6.07, 6.45) is 2.09. The van der Waals surface area contributed by atoms with Crippen molar-refractivity contribution in [1.82, 2.24) is 0 Å². The van der Waals surface area contributed by atoms with Crippen molar-refractivity contribution >= 4 is 50.3 Å². The molecule has 1 rings (SSSR count). The van der Waals surface area contributed by atoms with Crippen LogP contribution in [-0.4, -0.2) is 6.26 Å². The standard InChI is InChI=1S/C8H8BrIS/c1-5-3-6(9)8(11-2)7(10)4-5/h3-4H,1-2H3. The summed E-state index contributed by atoms with van der Waals surface area (Å²) in [5.74, 6) is 0. The third-order valence-corrected chi connectivity index (χ3v) is 4.30. The lowest BCUT2D eigenvalue weighted by molar-refractivity contribution is 1.30. The van der Waals surface area contributed by atoms with E-state index in [4.69, 9.17) is 0 Å². The average molecular weight is 343 g/mol. The first-order valence-electron chi connectivity index (χ1n) is 3.15. The Bertz CT molecular complexity index is 250. The van der Waals surface area contributed by atoms with Crippen LogP contribution >= 0.6 is 50.3 Å². The van der Waals surface area contributed by atoms with E-state index in [1.165, 1.54) is 18.5 Å². The van der Waals surface area contributed by atoms with Crippen molar-refractivity contribution in [3.63, 3.8) is 0 Å². The van der Waals surface area contributed by atoms with Gasteiger partial charge in [-0.3, -0.25) is 0 Å². The van der Waals surface area contributed by atoms with Crippen molar-refractivity contribution in [1.29, 1.82) is 0 Å². The molecule has 0 unspecified atom stereocenters. The molecule has 0 aliphatic heterocycles. The zero-order valence-electron chi connectivity index (χ0n) is 6.32. The Balaban J connectivity index is 3.25. The largest absolute Gasteiger partial charge is 0.127 e.